The van der Waals surface area contributed by atoms with Crippen LogP contribution in [0, 0.1) is 0 Å². The lowest BCUT2D eigenvalue weighted by Gasteiger charge is -2.36. The molecule has 0 aromatic heterocycles. The van der Waals surface area contributed by atoms with Gasteiger partial charge in [0.1, 0.15) is 0 Å². The molecular weight excluding hydrogens is 281 g/mol. The zero-order chi connectivity index (χ0) is 15.1. The van der Waals surface area contributed by atoms with Crippen LogP contribution in [0.2, 0.25) is 0 Å². The Kier molecular flexibility index (Phi) is 9.48. The first kappa shape index (κ1) is 20.5. The Morgan fingerprint density at radius 2 is 1.11 bits per heavy atom. The van der Waals surface area contributed by atoms with Crippen molar-refractivity contribution in [3.63, 3.8) is 0 Å². The first-order chi connectivity index (χ1) is 7.95. The Morgan fingerprint density at radius 1 is 0.889 bits per heavy atom. The molecule has 0 aromatic rings. The van der Waals surface area contributed by atoms with E-state index in [0.717, 1.165) is 7.11 Å². The number of hydrogen-bond donors (Lipinski definition) is 0. The fraction of sp³-hybridized carbons (Fsp3) is 1.00. The first-order valence-corrected chi connectivity index (χ1v) is 7.85. The number of rotatable bonds is 5. The fourth-order valence-electron chi connectivity index (χ4n) is 1.56. The minimum Gasteiger partial charge on any atom is -0.726 e. The van der Waals surface area contributed by atoms with Gasteiger partial charge in [-0.1, -0.05) is 0 Å². The highest BCUT2D eigenvalue weighted by atomic mass is 32.3. The summed E-state index contributed by atoms with van der Waals surface area (Å²) in [5.41, 5.74) is 0. The average molecular weight is 305 g/mol. The van der Waals surface area contributed by atoms with E-state index < -0.39 is 18.3 Å². The Morgan fingerprint density at radius 3 is 1.11 bits per heavy atom. The van der Waals surface area contributed by atoms with Gasteiger partial charge >= 0.3 is 7.94 Å². The molecule has 0 saturated carbocycles. The second-order valence-corrected chi connectivity index (χ2v) is 8.75. The van der Waals surface area contributed by atoms with Crippen LogP contribution in [0.4, 0.5) is 0 Å². The SMILES string of the molecule is COS(=O)(=O)[O-].CO[P+](N(C)C)(N(C)C)N(C)C. The van der Waals surface area contributed by atoms with Crippen molar-refractivity contribution in [2.24, 2.45) is 0 Å². The van der Waals surface area contributed by atoms with Gasteiger partial charge in [-0.05, 0) is 0 Å². The lowest BCUT2D eigenvalue weighted by atomic mass is 11.2. The second kappa shape index (κ2) is 8.34. The van der Waals surface area contributed by atoms with Gasteiger partial charge in [0.15, 0.2) is 0 Å². The van der Waals surface area contributed by atoms with E-state index in [1.54, 1.807) is 7.11 Å². The molecule has 0 bridgehead atoms. The third-order valence-corrected chi connectivity index (χ3v) is 6.04. The summed E-state index contributed by atoms with van der Waals surface area (Å²) in [6.07, 6.45) is 0. The summed E-state index contributed by atoms with van der Waals surface area (Å²) < 4.78 is 43.0. The maximum absolute atomic E-state index is 9.22. The van der Waals surface area contributed by atoms with Crippen LogP contribution in [-0.2, 0) is 19.1 Å². The van der Waals surface area contributed by atoms with E-state index in [-0.39, 0.29) is 0 Å². The molecule has 0 aliphatic rings. The minimum absolute atomic E-state index is 0.808. The van der Waals surface area contributed by atoms with Crippen LogP contribution in [0.5, 0.6) is 0 Å². The van der Waals surface area contributed by atoms with Crippen molar-refractivity contribution in [3.8, 4) is 0 Å². The molecule has 0 amide bonds. The standard InChI is InChI=1S/C7H21N3OP.CH4O4S/c1-8(2)12(11-7,9(3)4)10(5)6;1-5-6(2,3)4/h1-7H3;1H3,(H,2,3,4)/q+1;/p-1. The molecule has 8 nitrogen and oxygen atoms in total. The van der Waals surface area contributed by atoms with Crippen LogP contribution in [0.25, 0.3) is 0 Å². The third-order valence-electron chi connectivity index (χ3n) is 2.01. The molecule has 0 N–H and O–H groups in total. The summed E-state index contributed by atoms with van der Waals surface area (Å²) in [4.78, 5) is 0. The molecule has 0 rings (SSSR count). The predicted octanol–water partition coefficient (Wildman–Crippen LogP) is 0.0882. The number of nitrogens with zero attached hydrogens (tertiary/aromatic N) is 3. The summed E-state index contributed by atoms with van der Waals surface area (Å²) >= 11 is 0. The van der Waals surface area contributed by atoms with Gasteiger partial charge in [0.05, 0.1) is 14.2 Å². The van der Waals surface area contributed by atoms with Crippen LogP contribution in [-0.4, -0.2) is 83.5 Å². The van der Waals surface area contributed by atoms with Gasteiger partial charge in [0, 0.05) is 42.3 Å². The Hall–Kier alpha value is 0.140. The van der Waals surface area contributed by atoms with Crippen LogP contribution < -0.4 is 0 Å². The van der Waals surface area contributed by atoms with Crippen LogP contribution >= 0.6 is 7.94 Å². The highest BCUT2D eigenvalue weighted by molar-refractivity contribution is 7.80. The zero-order valence-corrected chi connectivity index (χ0v) is 13.9. The predicted molar refractivity (Wildman–Crippen MR) is 71.7 cm³/mol. The van der Waals surface area contributed by atoms with E-state index in [9.17, 15) is 13.0 Å². The van der Waals surface area contributed by atoms with Gasteiger partial charge in [-0.2, -0.15) is 4.52 Å². The highest BCUT2D eigenvalue weighted by Crippen LogP contribution is 2.63. The average Bonchev–Trinajstić information content (AvgIpc) is 2.17. The molecule has 0 fully saturated rings. The van der Waals surface area contributed by atoms with E-state index in [0.29, 0.717) is 0 Å². The Bertz CT molecular complexity index is 299. The second-order valence-electron chi connectivity index (χ2n) is 3.81. The minimum atomic E-state index is -4.41. The molecule has 0 aliphatic heterocycles. The van der Waals surface area contributed by atoms with E-state index in [1.807, 2.05) is 42.3 Å². The van der Waals surface area contributed by atoms with Crippen LogP contribution in [0.15, 0.2) is 0 Å². The van der Waals surface area contributed by atoms with Gasteiger partial charge in [-0.15, -0.1) is 14.0 Å². The maximum atomic E-state index is 9.22. The smallest absolute Gasteiger partial charge is 0.369 e. The topological polar surface area (TPSA) is 85.4 Å². The van der Waals surface area contributed by atoms with Crippen LogP contribution in [0.3, 0.4) is 0 Å². The summed E-state index contributed by atoms with van der Waals surface area (Å²) in [5, 5.41) is 0. The highest BCUT2D eigenvalue weighted by Gasteiger charge is 2.49. The van der Waals surface area contributed by atoms with Crippen molar-refractivity contribution in [3.05, 3.63) is 0 Å². The lowest BCUT2D eigenvalue weighted by molar-refractivity contribution is 0.290. The molecule has 112 valence electrons. The lowest BCUT2D eigenvalue weighted by Crippen LogP contribution is -2.36. The van der Waals surface area contributed by atoms with Crippen LogP contribution in [0.1, 0.15) is 0 Å². The molecule has 0 spiro atoms. The first-order valence-electron chi connectivity index (χ1n) is 4.95. The van der Waals surface area contributed by atoms with Crippen molar-refractivity contribution in [1.29, 1.82) is 0 Å². The molecule has 18 heavy (non-hydrogen) atoms. The Balaban J connectivity index is 0. The molecule has 0 aliphatic carbocycles. The van der Waals surface area contributed by atoms with Crippen molar-refractivity contribution in [2.75, 3.05) is 56.5 Å². The molecule has 0 unspecified atom stereocenters. The van der Waals surface area contributed by atoms with Gasteiger partial charge in [-0.25, -0.2) is 8.42 Å². The van der Waals surface area contributed by atoms with Gasteiger partial charge in [-0.3, -0.25) is 4.18 Å². The summed E-state index contributed by atoms with van der Waals surface area (Å²) in [5.74, 6) is 0. The molecule has 0 radical (unpaired) electrons. The molecule has 0 aromatic carbocycles. The van der Waals surface area contributed by atoms with E-state index in [2.05, 4.69) is 18.2 Å². The van der Waals surface area contributed by atoms with Gasteiger partial charge in [0.2, 0.25) is 10.4 Å². The monoisotopic (exact) mass is 305 g/mol. The molecule has 0 atom stereocenters. The molecular formula is C8H24N3O5PS. The van der Waals surface area contributed by atoms with Gasteiger partial charge < -0.3 is 4.55 Å². The fourth-order valence-corrected chi connectivity index (χ4v) is 4.69. The zero-order valence-electron chi connectivity index (χ0n) is 12.2. The summed E-state index contributed by atoms with van der Waals surface area (Å²) in [6, 6.07) is 0. The summed E-state index contributed by atoms with van der Waals surface area (Å²) in [6.45, 7) is 0. The van der Waals surface area contributed by atoms with E-state index in [4.69, 9.17) is 4.52 Å². The van der Waals surface area contributed by atoms with Crippen molar-refractivity contribution in [2.45, 2.75) is 0 Å². The largest absolute Gasteiger partial charge is 0.726 e. The normalized spacial score (nSPS) is 12.9. The van der Waals surface area contributed by atoms with Crippen molar-refractivity contribution in [1.82, 2.24) is 14.0 Å². The Labute approximate surface area is 111 Å². The maximum Gasteiger partial charge on any atom is 0.369 e. The molecule has 10 heteroatoms. The van der Waals surface area contributed by atoms with Crippen molar-refractivity contribution < 1.29 is 21.7 Å². The third kappa shape index (κ3) is 6.35. The van der Waals surface area contributed by atoms with E-state index >= 15 is 0 Å². The summed E-state index contributed by atoms with van der Waals surface area (Å²) in [7, 11) is 8.69. The number of hydrogen-bond acceptors (Lipinski definition) is 8. The molecule has 0 heterocycles. The molecule has 0 saturated heterocycles. The quantitative estimate of drug-likeness (QED) is 0.401. The van der Waals surface area contributed by atoms with E-state index in [1.165, 1.54) is 0 Å². The van der Waals surface area contributed by atoms with Crippen molar-refractivity contribution >= 4 is 18.3 Å². The van der Waals surface area contributed by atoms with Gasteiger partial charge in [0.25, 0.3) is 0 Å².